The van der Waals surface area contributed by atoms with E-state index in [4.69, 9.17) is 9.47 Å². The number of ether oxygens (including phenoxy) is 2. The fourth-order valence-corrected chi connectivity index (χ4v) is 4.47. The molecule has 2 aliphatic rings. The molecule has 2 aromatic rings. The van der Waals surface area contributed by atoms with Crippen molar-refractivity contribution >= 4 is 23.5 Å². The topological polar surface area (TPSA) is 126 Å². The van der Waals surface area contributed by atoms with Crippen LogP contribution in [0.25, 0.3) is 0 Å². The smallest absolute Gasteiger partial charge is 0.359 e. The molecule has 2 aliphatic carbocycles. The average molecular weight is 500 g/mol. The normalized spacial score (nSPS) is 15.6. The van der Waals surface area contributed by atoms with Crippen molar-refractivity contribution in [2.45, 2.75) is 46.0 Å². The van der Waals surface area contributed by atoms with E-state index in [1.54, 1.807) is 27.9 Å². The Bertz CT molecular complexity index is 1220. The second kappa shape index (κ2) is 11.3. The maximum absolute atomic E-state index is 12.5. The Morgan fingerprint density at radius 2 is 1.39 bits per heavy atom. The Balaban J connectivity index is 0.000000205. The lowest BCUT2D eigenvalue weighted by Gasteiger charge is -2.17. The molecule has 0 bridgehead atoms. The third-order valence-corrected chi connectivity index (χ3v) is 5.89. The highest BCUT2D eigenvalue weighted by atomic mass is 16.5. The molecule has 0 amide bonds. The van der Waals surface area contributed by atoms with Gasteiger partial charge in [-0.2, -0.15) is 10.2 Å². The van der Waals surface area contributed by atoms with Gasteiger partial charge in [-0.1, -0.05) is 0 Å². The highest BCUT2D eigenvalue weighted by molar-refractivity contribution is 6.11. The Labute approximate surface area is 210 Å². The number of Topliss-reactive ketones (excluding diaryl/α,β-unsaturated/α-hetero) is 2. The van der Waals surface area contributed by atoms with Crippen LogP contribution in [-0.4, -0.2) is 75.3 Å². The van der Waals surface area contributed by atoms with Gasteiger partial charge in [-0.3, -0.25) is 19.0 Å². The summed E-state index contributed by atoms with van der Waals surface area (Å²) in [6, 6.07) is 0. The lowest BCUT2D eigenvalue weighted by molar-refractivity contribution is 0.0507. The van der Waals surface area contributed by atoms with Gasteiger partial charge in [-0.15, -0.1) is 0 Å². The molecule has 2 aromatic heterocycles. The van der Waals surface area contributed by atoms with E-state index in [1.807, 2.05) is 25.2 Å². The maximum Gasteiger partial charge on any atom is 0.359 e. The summed E-state index contributed by atoms with van der Waals surface area (Å²) in [6.45, 7) is 4.11. The Hall–Kier alpha value is -3.76. The zero-order valence-corrected chi connectivity index (χ0v) is 21.7. The number of aromatic nitrogens is 4. The van der Waals surface area contributed by atoms with Gasteiger partial charge in [-0.05, 0) is 39.5 Å². The molecule has 0 saturated heterocycles. The van der Waals surface area contributed by atoms with Crippen LogP contribution in [0.5, 0.6) is 0 Å². The number of rotatable bonds is 5. The first kappa shape index (κ1) is 26.8. The van der Waals surface area contributed by atoms with Gasteiger partial charge in [0.1, 0.15) is 11.4 Å². The summed E-state index contributed by atoms with van der Waals surface area (Å²) in [6.07, 6.45) is 5.11. The first-order valence-corrected chi connectivity index (χ1v) is 12.0. The Kier molecular flexibility index (Phi) is 8.44. The molecule has 0 saturated carbocycles. The molecule has 0 spiro atoms. The third-order valence-electron chi connectivity index (χ3n) is 5.89. The molecular formula is C25H33N5O6. The highest BCUT2D eigenvalue weighted by Gasteiger charge is 2.32. The predicted octanol–water partition coefficient (Wildman–Crippen LogP) is 2.29. The van der Waals surface area contributed by atoms with Crippen LogP contribution in [-0.2, 0) is 36.4 Å². The van der Waals surface area contributed by atoms with Crippen molar-refractivity contribution in [2.75, 3.05) is 27.3 Å². The zero-order valence-electron chi connectivity index (χ0n) is 21.7. The Morgan fingerprint density at radius 1 is 0.861 bits per heavy atom. The van der Waals surface area contributed by atoms with Gasteiger partial charge in [0.15, 0.2) is 17.2 Å². The van der Waals surface area contributed by atoms with E-state index < -0.39 is 11.9 Å². The number of carbonyl (C=O) groups excluding carboxylic acids is 4. The minimum atomic E-state index is -0.461. The van der Waals surface area contributed by atoms with Gasteiger partial charge < -0.3 is 14.4 Å². The third kappa shape index (κ3) is 5.39. The van der Waals surface area contributed by atoms with Gasteiger partial charge in [0.25, 0.3) is 0 Å². The van der Waals surface area contributed by atoms with Crippen LogP contribution in [0.3, 0.4) is 0 Å². The number of hydrogen-bond acceptors (Lipinski definition) is 9. The summed E-state index contributed by atoms with van der Waals surface area (Å²) in [5.41, 5.74) is 3.81. The van der Waals surface area contributed by atoms with Crippen LogP contribution < -0.4 is 0 Å². The number of hydrogen-bond donors (Lipinski definition) is 0. The molecular weight excluding hydrogens is 466 g/mol. The Morgan fingerprint density at radius 3 is 1.92 bits per heavy atom. The molecule has 0 unspecified atom stereocenters. The minimum absolute atomic E-state index is 0.0619. The monoisotopic (exact) mass is 499 g/mol. The van der Waals surface area contributed by atoms with Crippen molar-refractivity contribution in [2.24, 2.45) is 14.1 Å². The van der Waals surface area contributed by atoms with E-state index in [1.165, 1.54) is 9.36 Å². The van der Waals surface area contributed by atoms with E-state index in [9.17, 15) is 19.2 Å². The summed E-state index contributed by atoms with van der Waals surface area (Å²) in [7, 11) is 7.12. The summed E-state index contributed by atoms with van der Waals surface area (Å²) in [5, 5.41) is 8.24. The van der Waals surface area contributed by atoms with E-state index in [2.05, 4.69) is 10.2 Å². The molecule has 11 nitrogen and oxygen atoms in total. The van der Waals surface area contributed by atoms with E-state index in [0.29, 0.717) is 55.1 Å². The molecule has 0 fully saturated rings. The van der Waals surface area contributed by atoms with E-state index >= 15 is 0 Å². The molecule has 4 rings (SSSR count). The number of esters is 2. The molecule has 11 heteroatoms. The van der Waals surface area contributed by atoms with E-state index in [0.717, 1.165) is 24.0 Å². The number of allylic oxidation sites excluding steroid dienone is 1. The second-order valence-corrected chi connectivity index (χ2v) is 8.76. The SMILES string of the molecule is CCOC(=O)c1nn(C)c2c1CC/C(=C/N(C)C)C2=O.CCOC(=O)c1nn(C)c2c1CCCC2=O. The standard InChI is InChI=1S/C14H19N3O3.C11H14N2O3/c1-5-20-14(19)11-10-7-6-9(8-16(2)3)13(18)12(10)17(4)15-11;1-3-16-11(15)9-7-5-4-6-8(14)10(7)13(2)12-9/h8H,5-7H2,1-4H3;3-6H2,1-2H3/b9-8-;. The molecule has 0 aliphatic heterocycles. The van der Waals surface area contributed by atoms with Crippen LogP contribution >= 0.6 is 0 Å². The van der Waals surface area contributed by atoms with E-state index in [-0.39, 0.29) is 17.3 Å². The maximum atomic E-state index is 12.5. The molecule has 0 aromatic carbocycles. The number of nitrogens with zero attached hydrogens (tertiary/aromatic N) is 5. The van der Waals surface area contributed by atoms with Crippen molar-refractivity contribution in [3.05, 3.63) is 45.7 Å². The fraction of sp³-hybridized carbons (Fsp3) is 0.520. The summed E-state index contributed by atoms with van der Waals surface area (Å²) >= 11 is 0. The molecule has 0 N–H and O–H groups in total. The fourth-order valence-electron chi connectivity index (χ4n) is 4.47. The van der Waals surface area contributed by atoms with Crippen molar-refractivity contribution in [3.63, 3.8) is 0 Å². The molecule has 0 radical (unpaired) electrons. The van der Waals surface area contributed by atoms with Gasteiger partial charge in [0.05, 0.1) is 13.2 Å². The molecule has 2 heterocycles. The minimum Gasteiger partial charge on any atom is -0.461 e. The van der Waals surface area contributed by atoms with Crippen LogP contribution in [0.4, 0.5) is 0 Å². The highest BCUT2D eigenvalue weighted by Crippen LogP contribution is 2.28. The number of fused-ring (bicyclic) bond motifs is 2. The van der Waals surface area contributed by atoms with Crippen LogP contribution in [0.2, 0.25) is 0 Å². The van der Waals surface area contributed by atoms with Crippen molar-refractivity contribution < 1.29 is 28.7 Å². The number of carbonyl (C=O) groups is 4. The van der Waals surface area contributed by atoms with Gasteiger partial charge in [-0.25, -0.2) is 9.59 Å². The van der Waals surface area contributed by atoms with Crippen molar-refractivity contribution in [3.8, 4) is 0 Å². The lowest BCUT2D eigenvalue weighted by atomic mass is 9.90. The largest absolute Gasteiger partial charge is 0.461 e. The number of ketones is 2. The van der Waals surface area contributed by atoms with Crippen molar-refractivity contribution in [1.82, 2.24) is 24.5 Å². The number of aryl methyl sites for hydroxylation is 2. The molecule has 0 atom stereocenters. The predicted molar refractivity (Wildman–Crippen MR) is 130 cm³/mol. The van der Waals surface area contributed by atoms with Gasteiger partial charge in [0, 0.05) is 57.5 Å². The van der Waals surface area contributed by atoms with Crippen LogP contribution in [0.15, 0.2) is 11.8 Å². The van der Waals surface area contributed by atoms with Crippen molar-refractivity contribution in [1.29, 1.82) is 0 Å². The molecule has 194 valence electrons. The summed E-state index contributed by atoms with van der Waals surface area (Å²) in [4.78, 5) is 49.5. The van der Waals surface area contributed by atoms with Gasteiger partial charge in [0.2, 0.25) is 5.78 Å². The second-order valence-electron chi connectivity index (χ2n) is 8.76. The summed E-state index contributed by atoms with van der Waals surface area (Å²) < 4.78 is 12.9. The first-order chi connectivity index (χ1) is 17.1. The first-order valence-electron chi connectivity index (χ1n) is 12.0. The van der Waals surface area contributed by atoms with Gasteiger partial charge >= 0.3 is 11.9 Å². The zero-order chi connectivity index (χ0) is 26.6. The quantitative estimate of drug-likeness (QED) is 0.450. The summed E-state index contributed by atoms with van der Waals surface area (Å²) in [5.74, 6) is -0.900. The van der Waals surface area contributed by atoms with Crippen LogP contribution in [0.1, 0.15) is 86.2 Å². The average Bonchev–Trinajstić information content (AvgIpc) is 3.34. The molecule has 36 heavy (non-hydrogen) atoms. The van der Waals surface area contributed by atoms with Crippen LogP contribution in [0, 0.1) is 0 Å². The lowest BCUT2D eigenvalue weighted by Crippen LogP contribution is -2.20.